The van der Waals surface area contributed by atoms with E-state index in [0.717, 1.165) is 18.5 Å². The van der Waals surface area contributed by atoms with Crippen LogP contribution in [0, 0.1) is 0 Å². The van der Waals surface area contributed by atoms with Gasteiger partial charge in [-0.1, -0.05) is 23.2 Å². The molecule has 0 heterocycles. The fourth-order valence-electron chi connectivity index (χ4n) is 1.49. The first-order valence-corrected chi connectivity index (χ1v) is 6.77. The lowest BCUT2D eigenvalue weighted by Gasteiger charge is -2.10. The van der Waals surface area contributed by atoms with E-state index < -0.39 is 0 Å². The van der Waals surface area contributed by atoms with E-state index in [1.54, 1.807) is 6.07 Å². The van der Waals surface area contributed by atoms with E-state index in [-0.39, 0.29) is 0 Å². The van der Waals surface area contributed by atoms with E-state index in [0.29, 0.717) is 35.6 Å². The van der Waals surface area contributed by atoms with E-state index in [4.69, 9.17) is 32.7 Å². The van der Waals surface area contributed by atoms with Crippen molar-refractivity contribution >= 4 is 23.2 Å². The van der Waals surface area contributed by atoms with Crippen LogP contribution in [0.5, 0.6) is 5.75 Å². The zero-order valence-electron chi connectivity index (χ0n) is 10.8. The van der Waals surface area contributed by atoms with Crippen molar-refractivity contribution in [3.8, 4) is 5.75 Å². The lowest BCUT2D eigenvalue weighted by molar-refractivity contribution is 0.140. The predicted molar refractivity (Wildman–Crippen MR) is 76.1 cm³/mol. The van der Waals surface area contributed by atoms with Crippen molar-refractivity contribution in [1.29, 1.82) is 0 Å². The molecule has 0 aromatic heterocycles. The average Bonchev–Trinajstić information content (AvgIpc) is 2.35. The zero-order valence-corrected chi connectivity index (χ0v) is 12.3. The van der Waals surface area contributed by atoms with Crippen molar-refractivity contribution in [2.45, 2.75) is 13.3 Å². The summed E-state index contributed by atoms with van der Waals surface area (Å²) >= 11 is 12.3. The van der Waals surface area contributed by atoms with Crippen molar-refractivity contribution in [3.05, 3.63) is 27.7 Å². The van der Waals surface area contributed by atoms with Crippen molar-refractivity contribution in [3.63, 3.8) is 0 Å². The fourth-order valence-corrected chi connectivity index (χ4v) is 1.97. The Balaban J connectivity index is 2.53. The van der Waals surface area contributed by atoms with Crippen LogP contribution >= 0.6 is 23.2 Å². The van der Waals surface area contributed by atoms with Gasteiger partial charge in [-0.05, 0) is 32.0 Å². The molecule has 18 heavy (non-hydrogen) atoms. The largest absolute Gasteiger partial charge is 0.492 e. The van der Waals surface area contributed by atoms with Gasteiger partial charge < -0.3 is 14.8 Å². The molecule has 0 atom stereocenters. The standard InChI is InChI=1S/C13H19Cl2NO2/c1-3-18-13-9-11(14)10(8-12(13)15)4-6-17-7-5-16-2/h8-9,16H,3-7H2,1-2H3. The van der Waals surface area contributed by atoms with Crippen molar-refractivity contribution in [1.82, 2.24) is 5.32 Å². The van der Waals surface area contributed by atoms with Crippen LogP contribution in [0.2, 0.25) is 10.0 Å². The summed E-state index contributed by atoms with van der Waals surface area (Å²) in [6, 6.07) is 3.60. The summed E-state index contributed by atoms with van der Waals surface area (Å²) in [7, 11) is 1.90. The highest BCUT2D eigenvalue weighted by Crippen LogP contribution is 2.31. The lowest BCUT2D eigenvalue weighted by Crippen LogP contribution is -2.15. The second-order valence-corrected chi connectivity index (χ2v) is 4.59. The molecule has 0 aliphatic heterocycles. The number of hydrogen-bond acceptors (Lipinski definition) is 3. The molecular weight excluding hydrogens is 273 g/mol. The predicted octanol–water partition coefficient (Wildman–Crippen LogP) is 3.17. The SMILES string of the molecule is CCOc1cc(Cl)c(CCOCCNC)cc1Cl. The molecule has 0 bridgehead atoms. The Kier molecular flexibility index (Phi) is 7.44. The first kappa shape index (κ1) is 15.6. The quantitative estimate of drug-likeness (QED) is 0.747. The molecular formula is C13H19Cl2NO2. The highest BCUT2D eigenvalue weighted by molar-refractivity contribution is 6.34. The molecule has 0 saturated carbocycles. The van der Waals surface area contributed by atoms with Crippen molar-refractivity contribution in [2.75, 3.05) is 33.4 Å². The summed E-state index contributed by atoms with van der Waals surface area (Å²) in [5, 5.41) is 4.28. The zero-order chi connectivity index (χ0) is 13.4. The van der Waals surface area contributed by atoms with E-state index in [2.05, 4.69) is 5.32 Å². The summed E-state index contributed by atoms with van der Waals surface area (Å²) in [5.74, 6) is 0.629. The van der Waals surface area contributed by atoms with Gasteiger partial charge in [0.2, 0.25) is 0 Å². The Morgan fingerprint density at radius 2 is 1.94 bits per heavy atom. The van der Waals surface area contributed by atoms with Crippen LogP contribution in [-0.4, -0.2) is 33.4 Å². The van der Waals surface area contributed by atoms with Gasteiger partial charge in [-0.15, -0.1) is 0 Å². The second kappa shape index (κ2) is 8.59. The normalized spacial score (nSPS) is 10.7. The van der Waals surface area contributed by atoms with E-state index in [1.807, 2.05) is 20.0 Å². The highest BCUT2D eigenvalue weighted by atomic mass is 35.5. The minimum Gasteiger partial charge on any atom is -0.492 e. The Hall–Kier alpha value is -0.480. The molecule has 0 unspecified atom stereocenters. The molecule has 0 spiro atoms. The van der Waals surface area contributed by atoms with E-state index >= 15 is 0 Å². The van der Waals surface area contributed by atoms with Crippen LogP contribution in [0.25, 0.3) is 0 Å². The molecule has 0 aliphatic rings. The number of nitrogens with one attached hydrogen (secondary N) is 1. The van der Waals surface area contributed by atoms with Gasteiger partial charge in [-0.3, -0.25) is 0 Å². The smallest absolute Gasteiger partial charge is 0.139 e. The minimum atomic E-state index is 0.572. The van der Waals surface area contributed by atoms with E-state index in [1.165, 1.54) is 0 Å². The van der Waals surface area contributed by atoms with Crippen LogP contribution in [0.3, 0.4) is 0 Å². The van der Waals surface area contributed by atoms with Gasteiger partial charge in [-0.2, -0.15) is 0 Å². The molecule has 0 aliphatic carbocycles. The third-order valence-electron chi connectivity index (χ3n) is 2.41. The lowest BCUT2D eigenvalue weighted by atomic mass is 10.1. The molecule has 1 N–H and O–H groups in total. The molecule has 0 fully saturated rings. The van der Waals surface area contributed by atoms with Gasteiger partial charge in [0, 0.05) is 17.6 Å². The minimum absolute atomic E-state index is 0.572. The Morgan fingerprint density at radius 1 is 1.17 bits per heavy atom. The first-order chi connectivity index (χ1) is 8.69. The molecule has 1 aromatic rings. The maximum Gasteiger partial charge on any atom is 0.139 e. The topological polar surface area (TPSA) is 30.5 Å². The van der Waals surface area contributed by atoms with Gasteiger partial charge in [0.1, 0.15) is 5.75 Å². The molecule has 0 amide bonds. The third kappa shape index (κ3) is 5.02. The van der Waals surface area contributed by atoms with Gasteiger partial charge in [0.15, 0.2) is 0 Å². The van der Waals surface area contributed by atoms with Gasteiger partial charge in [-0.25, -0.2) is 0 Å². The summed E-state index contributed by atoms with van der Waals surface area (Å²) in [4.78, 5) is 0. The molecule has 1 aromatic carbocycles. The number of likely N-dealkylation sites (N-methyl/N-ethyl adjacent to an activating group) is 1. The average molecular weight is 292 g/mol. The summed E-state index contributed by atoms with van der Waals surface area (Å²) in [5.41, 5.74) is 0.981. The van der Waals surface area contributed by atoms with Gasteiger partial charge in [0.05, 0.1) is 24.8 Å². The molecule has 0 radical (unpaired) electrons. The van der Waals surface area contributed by atoms with Crippen LogP contribution in [0.15, 0.2) is 12.1 Å². The van der Waals surface area contributed by atoms with Crippen molar-refractivity contribution in [2.24, 2.45) is 0 Å². The van der Waals surface area contributed by atoms with Crippen molar-refractivity contribution < 1.29 is 9.47 Å². The van der Waals surface area contributed by atoms with Crippen LogP contribution in [0.1, 0.15) is 12.5 Å². The summed E-state index contributed by atoms with van der Waals surface area (Å²) in [6.07, 6.45) is 0.745. The Bertz CT molecular complexity index is 372. The Morgan fingerprint density at radius 3 is 2.61 bits per heavy atom. The molecule has 102 valence electrons. The summed E-state index contributed by atoms with van der Waals surface area (Å²) < 4.78 is 10.8. The number of benzene rings is 1. The maximum atomic E-state index is 6.17. The molecule has 5 heteroatoms. The summed E-state index contributed by atoms with van der Waals surface area (Å²) in [6.45, 7) is 4.65. The molecule has 3 nitrogen and oxygen atoms in total. The second-order valence-electron chi connectivity index (χ2n) is 3.77. The Labute approximate surface area is 118 Å². The highest BCUT2D eigenvalue weighted by Gasteiger charge is 2.08. The van der Waals surface area contributed by atoms with Gasteiger partial charge >= 0.3 is 0 Å². The van der Waals surface area contributed by atoms with Crippen LogP contribution < -0.4 is 10.1 Å². The number of ether oxygens (including phenoxy) is 2. The number of halogens is 2. The number of hydrogen-bond donors (Lipinski definition) is 1. The monoisotopic (exact) mass is 291 g/mol. The van der Waals surface area contributed by atoms with Crippen LogP contribution in [-0.2, 0) is 11.2 Å². The first-order valence-electron chi connectivity index (χ1n) is 6.02. The van der Waals surface area contributed by atoms with E-state index in [9.17, 15) is 0 Å². The van der Waals surface area contributed by atoms with Crippen LogP contribution in [0.4, 0.5) is 0 Å². The number of rotatable bonds is 8. The molecule has 1 rings (SSSR count). The third-order valence-corrected chi connectivity index (χ3v) is 3.06. The fraction of sp³-hybridized carbons (Fsp3) is 0.538. The maximum absolute atomic E-state index is 6.17. The van der Waals surface area contributed by atoms with Gasteiger partial charge in [0.25, 0.3) is 0 Å². The molecule has 0 saturated heterocycles.